The summed E-state index contributed by atoms with van der Waals surface area (Å²) >= 11 is 0. The minimum absolute atomic E-state index is 0.0835. The second kappa shape index (κ2) is 5.83. The van der Waals surface area contributed by atoms with Crippen molar-refractivity contribution in [2.45, 2.75) is 25.5 Å². The molecule has 7 nitrogen and oxygen atoms in total. The summed E-state index contributed by atoms with van der Waals surface area (Å²) < 4.78 is 7.60. The van der Waals surface area contributed by atoms with Crippen molar-refractivity contribution < 1.29 is 4.74 Å². The van der Waals surface area contributed by atoms with Gasteiger partial charge < -0.3 is 14.2 Å². The Balaban J connectivity index is 1.86. The third-order valence-corrected chi connectivity index (χ3v) is 4.76. The Kier molecular flexibility index (Phi) is 3.65. The fourth-order valence-electron chi connectivity index (χ4n) is 3.52. The van der Waals surface area contributed by atoms with Crippen LogP contribution < -0.4 is 4.90 Å². The SMILES string of the molecule is CO[C@@H]1C[C@@H](c2nncn2C)N(c2ncnc3cccc(C)c23)C1. The van der Waals surface area contributed by atoms with Crippen LogP contribution in [0.1, 0.15) is 23.9 Å². The number of fused-ring (bicyclic) bond motifs is 1. The highest BCUT2D eigenvalue weighted by atomic mass is 16.5. The summed E-state index contributed by atoms with van der Waals surface area (Å²) in [5.41, 5.74) is 2.12. The highest BCUT2D eigenvalue weighted by Gasteiger charge is 2.37. The Morgan fingerprint density at radius 2 is 2.12 bits per heavy atom. The maximum atomic E-state index is 5.63. The van der Waals surface area contributed by atoms with Gasteiger partial charge in [-0.2, -0.15) is 0 Å². The van der Waals surface area contributed by atoms with Gasteiger partial charge in [0.1, 0.15) is 18.5 Å². The predicted molar refractivity (Wildman–Crippen MR) is 90.8 cm³/mol. The van der Waals surface area contributed by atoms with E-state index < -0.39 is 0 Å². The number of aryl methyl sites for hydroxylation is 2. The average molecular weight is 324 g/mol. The monoisotopic (exact) mass is 324 g/mol. The third-order valence-electron chi connectivity index (χ3n) is 4.76. The van der Waals surface area contributed by atoms with Gasteiger partial charge in [0.25, 0.3) is 0 Å². The zero-order valence-corrected chi connectivity index (χ0v) is 14.0. The lowest BCUT2D eigenvalue weighted by molar-refractivity contribution is 0.118. The number of hydrogen-bond acceptors (Lipinski definition) is 6. The molecule has 7 heteroatoms. The number of benzene rings is 1. The van der Waals surface area contributed by atoms with E-state index in [-0.39, 0.29) is 12.1 Å². The van der Waals surface area contributed by atoms with E-state index in [1.54, 1.807) is 19.8 Å². The van der Waals surface area contributed by atoms with E-state index in [1.165, 1.54) is 5.56 Å². The number of anilines is 1. The van der Waals surface area contributed by atoms with Gasteiger partial charge >= 0.3 is 0 Å². The number of rotatable bonds is 3. The van der Waals surface area contributed by atoms with Crippen LogP contribution in [0.3, 0.4) is 0 Å². The Hall–Kier alpha value is -2.54. The summed E-state index contributed by atoms with van der Waals surface area (Å²) in [4.78, 5) is 11.3. The minimum Gasteiger partial charge on any atom is -0.380 e. The summed E-state index contributed by atoms with van der Waals surface area (Å²) in [7, 11) is 3.72. The molecule has 3 heterocycles. The number of methoxy groups -OCH3 is 1. The first-order valence-electron chi connectivity index (χ1n) is 8.02. The summed E-state index contributed by atoms with van der Waals surface area (Å²) in [6.45, 7) is 2.87. The maximum absolute atomic E-state index is 5.63. The van der Waals surface area contributed by atoms with E-state index in [4.69, 9.17) is 4.74 Å². The molecule has 0 bridgehead atoms. The van der Waals surface area contributed by atoms with Crippen LogP contribution >= 0.6 is 0 Å². The maximum Gasteiger partial charge on any atom is 0.155 e. The highest BCUT2D eigenvalue weighted by Crippen LogP contribution is 2.38. The molecule has 0 amide bonds. The first-order valence-corrected chi connectivity index (χ1v) is 8.02. The first kappa shape index (κ1) is 15.0. The van der Waals surface area contributed by atoms with Crippen LogP contribution in [0.2, 0.25) is 0 Å². The molecule has 2 atom stereocenters. The molecule has 0 N–H and O–H groups in total. The number of ether oxygens (including phenoxy) is 1. The van der Waals surface area contributed by atoms with Crippen LogP contribution in [0.15, 0.2) is 30.9 Å². The van der Waals surface area contributed by atoms with Gasteiger partial charge in [0, 0.05) is 32.5 Å². The normalized spacial score (nSPS) is 20.9. The van der Waals surface area contributed by atoms with E-state index in [0.29, 0.717) is 0 Å². The smallest absolute Gasteiger partial charge is 0.155 e. The van der Waals surface area contributed by atoms with E-state index in [1.807, 2.05) is 23.7 Å². The van der Waals surface area contributed by atoms with E-state index in [9.17, 15) is 0 Å². The van der Waals surface area contributed by atoms with Gasteiger partial charge in [0.15, 0.2) is 5.82 Å². The topological polar surface area (TPSA) is 69.0 Å². The lowest BCUT2D eigenvalue weighted by atomic mass is 10.1. The van der Waals surface area contributed by atoms with Crippen molar-refractivity contribution in [1.82, 2.24) is 24.7 Å². The van der Waals surface area contributed by atoms with Gasteiger partial charge in [-0.3, -0.25) is 0 Å². The fraction of sp³-hybridized carbons (Fsp3) is 0.412. The average Bonchev–Trinajstić information content (AvgIpc) is 3.20. The molecule has 2 aromatic heterocycles. The van der Waals surface area contributed by atoms with Crippen LogP contribution in [0.25, 0.3) is 10.9 Å². The third kappa shape index (κ3) is 2.32. The zero-order chi connectivity index (χ0) is 16.7. The van der Waals surface area contributed by atoms with Crippen molar-refractivity contribution in [2.24, 2.45) is 7.05 Å². The van der Waals surface area contributed by atoms with Crippen molar-refractivity contribution in [3.8, 4) is 0 Å². The van der Waals surface area contributed by atoms with Crippen LogP contribution in [0.4, 0.5) is 5.82 Å². The molecule has 0 unspecified atom stereocenters. The van der Waals surface area contributed by atoms with Crippen molar-refractivity contribution in [1.29, 1.82) is 0 Å². The molecule has 1 aliphatic rings. The summed E-state index contributed by atoms with van der Waals surface area (Å²) in [6, 6.07) is 6.22. The number of nitrogens with zero attached hydrogens (tertiary/aromatic N) is 6. The molecule has 3 aromatic rings. The molecule has 0 spiro atoms. The molecule has 1 aromatic carbocycles. The van der Waals surface area contributed by atoms with Crippen molar-refractivity contribution in [2.75, 3.05) is 18.6 Å². The molecular weight excluding hydrogens is 304 g/mol. The Bertz CT molecular complexity index is 871. The molecular formula is C17H20N6O. The van der Waals surface area contributed by atoms with Gasteiger partial charge in [-0.15, -0.1) is 10.2 Å². The van der Waals surface area contributed by atoms with Crippen LogP contribution in [0.5, 0.6) is 0 Å². The predicted octanol–water partition coefficient (Wildman–Crippen LogP) is 2.03. The van der Waals surface area contributed by atoms with E-state index in [2.05, 4.69) is 38.1 Å². The van der Waals surface area contributed by atoms with E-state index >= 15 is 0 Å². The van der Waals surface area contributed by atoms with Gasteiger partial charge in [-0.1, -0.05) is 12.1 Å². The zero-order valence-electron chi connectivity index (χ0n) is 14.0. The molecule has 1 fully saturated rings. The Morgan fingerprint density at radius 1 is 1.25 bits per heavy atom. The number of hydrogen-bond donors (Lipinski definition) is 0. The quantitative estimate of drug-likeness (QED) is 0.734. The van der Waals surface area contributed by atoms with Crippen LogP contribution in [-0.2, 0) is 11.8 Å². The Morgan fingerprint density at radius 3 is 2.88 bits per heavy atom. The largest absolute Gasteiger partial charge is 0.380 e. The molecule has 0 radical (unpaired) electrons. The van der Waals surface area contributed by atoms with Crippen LogP contribution in [-0.4, -0.2) is 44.5 Å². The van der Waals surface area contributed by atoms with Crippen molar-refractivity contribution in [3.05, 3.63) is 42.2 Å². The molecule has 1 saturated heterocycles. The second-order valence-electron chi connectivity index (χ2n) is 6.23. The molecule has 0 aliphatic carbocycles. The second-order valence-corrected chi connectivity index (χ2v) is 6.23. The van der Waals surface area contributed by atoms with Gasteiger partial charge in [-0.05, 0) is 18.6 Å². The molecule has 24 heavy (non-hydrogen) atoms. The van der Waals surface area contributed by atoms with Gasteiger partial charge in [-0.25, -0.2) is 9.97 Å². The highest BCUT2D eigenvalue weighted by molar-refractivity contribution is 5.92. The van der Waals surface area contributed by atoms with Crippen molar-refractivity contribution in [3.63, 3.8) is 0 Å². The molecule has 0 saturated carbocycles. The molecule has 4 rings (SSSR count). The lowest BCUT2D eigenvalue weighted by Crippen LogP contribution is -2.27. The van der Waals surface area contributed by atoms with E-state index in [0.717, 1.165) is 35.5 Å². The minimum atomic E-state index is 0.0835. The van der Waals surface area contributed by atoms with Crippen molar-refractivity contribution >= 4 is 16.7 Å². The lowest BCUT2D eigenvalue weighted by Gasteiger charge is -2.26. The number of aromatic nitrogens is 5. The standard InChI is InChI=1S/C17H20N6O/c1-11-5-4-6-13-15(11)17(19-9-18-13)23-8-12(24-3)7-14(23)16-21-20-10-22(16)2/h4-6,9-10,12,14H,7-8H2,1-3H3/t12-,14+/m1/s1. The molecule has 1 aliphatic heterocycles. The van der Waals surface area contributed by atoms with Gasteiger partial charge in [0.05, 0.1) is 17.7 Å². The molecule has 124 valence electrons. The summed E-state index contributed by atoms with van der Waals surface area (Å²) in [5, 5.41) is 9.44. The summed E-state index contributed by atoms with van der Waals surface area (Å²) in [6.07, 6.45) is 4.36. The Labute approximate surface area is 140 Å². The summed E-state index contributed by atoms with van der Waals surface area (Å²) in [5.74, 6) is 1.86. The van der Waals surface area contributed by atoms with Gasteiger partial charge in [0.2, 0.25) is 0 Å². The fourth-order valence-corrected chi connectivity index (χ4v) is 3.52. The van der Waals surface area contributed by atoms with Crippen LogP contribution in [0, 0.1) is 6.92 Å². The first-order chi connectivity index (χ1) is 11.7.